The van der Waals surface area contributed by atoms with Crippen molar-refractivity contribution in [2.75, 3.05) is 10.6 Å². The highest BCUT2D eigenvalue weighted by molar-refractivity contribution is 7.22. The lowest BCUT2D eigenvalue weighted by atomic mass is 10.3. The summed E-state index contributed by atoms with van der Waals surface area (Å²) in [5.41, 5.74) is 0.900. The number of hydrogen-bond donors (Lipinski definition) is 2. The van der Waals surface area contributed by atoms with Crippen LogP contribution in [-0.4, -0.2) is 26.6 Å². The molecule has 3 aromatic heterocycles. The number of thiazole rings is 1. The number of nitrogens with one attached hydrogen (secondary N) is 2. The maximum absolute atomic E-state index is 12.2. The lowest BCUT2D eigenvalue weighted by Crippen LogP contribution is -2.10. The van der Waals surface area contributed by atoms with Crippen molar-refractivity contribution < 1.29 is 28.3 Å². The van der Waals surface area contributed by atoms with Crippen molar-refractivity contribution in [2.45, 2.75) is 0 Å². The Morgan fingerprint density at radius 2 is 1.45 bits per heavy atom. The van der Waals surface area contributed by atoms with Crippen molar-refractivity contribution in [2.24, 2.45) is 0 Å². The Balaban J connectivity index is 1.48. The summed E-state index contributed by atoms with van der Waals surface area (Å²) in [4.78, 5) is 48.4. The summed E-state index contributed by atoms with van der Waals surface area (Å²) in [5.74, 6) is -2.96. The zero-order valence-electron chi connectivity index (χ0n) is 15.1. The number of nitrogens with zero attached hydrogens (tertiary/aromatic N) is 3. The van der Waals surface area contributed by atoms with E-state index in [-0.39, 0.29) is 16.7 Å². The highest BCUT2D eigenvalue weighted by Crippen LogP contribution is 2.29. The van der Waals surface area contributed by atoms with Crippen LogP contribution in [0.25, 0.3) is 10.2 Å². The maximum Gasteiger partial charge on any atom is 0.433 e. The second-order valence-corrected chi connectivity index (χ2v) is 6.93. The third-order valence-corrected chi connectivity index (χ3v) is 4.79. The molecule has 0 fully saturated rings. The van der Waals surface area contributed by atoms with Crippen LogP contribution in [0.4, 0.5) is 22.6 Å². The van der Waals surface area contributed by atoms with E-state index >= 15 is 0 Å². The van der Waals surface area contributed by atoms with Gasteiger partial charge in [-0.25, -0.2) is 4.98 Å². The van der Waals surface area contributed by atoms with Crippen LogP contribution in [0.1, 0.15) is 21.1 Å². The second kappa shape index (κ2) is 7.68. The summed E-state index contributed by atoms with van der Waals surface area (Å²) in [5, 5.41) is 26.5. The number of nitro groups is 2. The van der Waals surface area contributed by atoms with Gasteiger partial charge in [0.05, 0.1) is 22.3 Å². The van der Waals surface area contributed by atoms with Crippen molar-refractivity contribution in [1.29, 1.82) is 0 Å². The van der Waals surface area contributed by atoms with Crippen LogP contribution in [0.5, 0.6) is 0 Å². The predicted molar refractivity (Wildman–Crippen MR) is 106 cm³/mol. The molecule has 14 heteroatoms. The molecule has 13 nitrogen and oxygen atoms in total. The van der Waals surface area contributed by atoms with E-state index in [1.54, 1.807) is 18.2 Å². The van der Waals surface area contributed by atoms with E-state index < -0.39 is 33.4 Å². The van der Waals surface area contributed by atoms with Gasteiger partial charge in [0.15, 0.2) is 16.7 Å². The van der Waals surface area contributed by atoms with Crippen molar-refractivity contribution in [1.82, 2.24) is 4.98 Å². The number of carbonyl (C=O) groups excluding carboxylic acids is 2. The highest BCUT2D eigenvalue weighted by Gasteiger charge is 2.20. The third-order valence-electron chi connectivity index (χ3n) is 3.86. The molecule has 0 atom stereocenters. The van der Waals surface area contributed by atoms with Gasteiger partial charge in [-0.3, -0.25) is 35.1 Å². The quantitative estimate of drug-likeness (QED) is 0.330. The van der Waals surface area contributed by atoms with Gasteiger partial charge in [0.2, 0.25) is 0 Å². The Morgan fingerprint density at radius 1 is 0.871 bits per heavy atom. The topological polar surface area (TPSA) is 184 Å². The molecule has 0 bridgehead atoms. The number of furan rings is 2. The Labute approximate surface area is 174 Å². The molecular weight excluding hydrogens is 434 g/mol. The number of fused-ring (bicyclic) bond motifs is 1. The molecule has 0 saturated heterocycles. The molecule has 31 heavy (non-hydrogen) atoms. The highest BCUT2D eigenvalue weighted by atomic mass is 32.1. The van der Waals surface area contributed by atoms with Crippen molar-refractivity contribution in [3.05, 3.63) is 74.2 Å². The summed E-state index contributed by atoms with van der Waals surface area (Å²) >= 11 is 1.10. The molecule has 156 valence electrons. The number of aromatic nitrogens is 1. The van der Waals surface area contributed by atoms with Gasteiger partial charge in [0.25, 0.3) is 11.8 Å². The van der Waals surface area contributed by atoms with E-state index in [1.807, 2.05) is 0 Å². The molecule has 4 rings (SSSR count). The largest absolute Gasteiger partial charge is 0.433 e. The average Bonchev–Trinajstić information content (AvgIpc) is 3.46. The number of hydrogen-bond acceptors (Lipinski definition) is 10. The minimum Gasteiger partial charge on any atom is -0.395 e. The van der Waals surface area contributed by atoms with Crippen LogP contribution < -0.4 is 10.6 Å². The van der Waals surface area contributed by atoms with Crippen molar-refractivity contribution in [3.63, 3.8) is 0 Å². The van der Waals surface area contributed by atoms with Gasteiger partial charge in [-0.2, -0.15) is 0 Å². The lowest BCUT2D eigenvalue weighted by Gasteiger charge is -2.02. The minimum absolute atomic E-state index is 0.212. The lowest BCUT2D eigenvalue weighted by molar-refractivity contribution is -0.402. The SMILES string of the molecule is O=C(Nc1ccc2nc(NC(=O)c3ccc([N+](=O)[O-])o3)sc2c1)c1ccc([N+](=O)[O-])o1. The van der Waals surface area contributed by atoms with Gasteiger partial charge in [0.1, 0.15) is 9.85 Å². The van der Waals surface area contributed by atoms with Gasteiger partial charge >= 0.3 is 11.8 Å². The van der Waals surface area contributed by atoms with E-state index in [2.05, 4.69) is 15.6 Å². The summed E-state index contributed by atoms with van der Waals surface area (Å²) in [7, 11) is 0. The van der Waals surface area contributed by atoms with E-state index in [1.165, 1.54) is 12.1 Å². The summed E-state index contributed by atoms with van der Waals surface area (Å²) in [6.45, 7) is 0. The molecule has 0 radical (unpaired) electrons. The van der Waals surface area contributed by atoms with Gasteiger partial charge in [-0.15, -0.1) is 0 Å². The Hall–Kier alpha value is -4.59. The minimum atomic E-state index is -0.759. The van der Waals surface area contributed by atoms with Gasteiger partial charge in [-0.05, 0) is 30.3 Å². The molecule has 0 spiro atoms. The smallest absolute Gasteiger partial charge is 0.395 e. The number of rotatable bonds is 6. The monoisotopic (exact) mass is 443 g/mol. The van der Waals surface area contributed by atoms with E-state index in [0.717, 1.165) is 23.5 Å². The average molecular weight is 443 g/mol. The standard InChI is InChI=1S/C17H9N5O8S/c23-15(10-3-5-13(29-10)21(25)26)18-8-1-2-9-12(7-8)31-17(19-9)20-16(24)11-4-6-14(30-11)22(27)28/h1-7H,(H,18,23)(H,19,20,24). The first kappa shape index (κ1) is 19.7. The van der Waals surface area contributed by atoms with Crippen LogP contribution in [0.2, 0.25) is 0 Å². The van der Waals surface area contributed by atoms with Gasteiger partial charge < -0.3 is 14.2 Å². The van der Waals surface area contributed by atoms with Gasteiger partial charge in [-0.1, -0.05) is 11.3 Å². The van der Waals surface area contributed by atoms with E-state index in [9.17, 15) is 29.8 Å². The Bertz CT molecular complexity index is 1290. The van der Waals surface area contributed by atoms with E-state index in [4.69, 9.17) is 8.83 Å². The molecule has 0 aliphatic rings. The first-order valence-corrected chi connectivity index (χ1v) is 9.13. The molecule has 0 unspecified atom stereocenters. The molecule has 3 heterocycles. The van der Waals surface area contributed by atoms with Crippen molar-refractivity contribution in [3.8, 4) is 0 Å². The van der Waals surface area contributed by atoms with Crippen LogP contribution in [-0.2, 0) is 0 Å². The maximum atomic E-state index is 12.2. The summed E-state index contributed by atoms with van der Waals surface area (Å²) in [6.07, 6.45) is 0. The molecule has 2 N–H and O–H groups in total. The Kier molecular flexibility index (Phi) is 4.88. The van der Waals surface area contributed by atoms with Crippen molar-refractivity contribution >= 4 is 56.0 Å². The molecule has 2 amide bonds. The number of carbonyl (C=O) groups is 2. The summed E-state index contributed by atoms with van der Waals surface area (Å²) in [6, 6.07) is 9.24. The normalized spacial score (nSPS) is 10.7. The second-order valence-electron chi connectivity index (χ2n) is 5.90. The number of benzene rings is 1. The zero-order valence-corrected chi connectivity index (χ0v) is 15.9. The van der Waals surface area contributed by atoms with Gasteiger partial charge in [0, 0.05) is 5.69 Å². The first-order valence-electron chi connectivity index (χ1n) is 8.32. The van der Waals surface area contributed by atoms with E-state index in [0.29, 0.717) is 15.9 Å². The fourth-order valence-electron chi connectivity index (χ4n) is 2.50. The Morgan fingerprint density at radius 3 is 2.00 bits per heavy atom. The molecular formula is C17H9N5O8S. The van der Waals surface area contributed by atoms with Crippen LogP contribution in [0, 0.1) is 20.2 Å². The number of anilines is 2. The fourth-order valence-corrected chi connectivity index (χ4v) is 3.40. The van der Waals surface area contributed by atoms with Crippen LogP contribution in [0.15, 0.2) is 51.3 Å². The number of amides is 2. The zero-order chi connectivity index (χ0) is 22.1. The molecule has 4 aromatic rings. The molecule has 0 aliphatic carbocycles. The van der Waals surface area contributed by atoms with Crippen LogP contribution in [0.3, 0.4) is 0 Å². The fraction of sp³-hybridized carbons (Fsp3) is 0. The third kappa shape index (κ3) is 4.08. The predicted octanol–water partition coefficient (Wildman–Crippen LogP) is 3.80. The molecule has 0 aliphatic heterocycles. The first-order chi connectivity index (χ1) is 14.8. The van der Waals surface area contributed by atoms with Crippen LogP contribution >= 0.6 is 11.3 Å². The molecule has 0 saturated carbocycles. The summed E-state index contributed by atoms with van der Waals surface area (Å²) < 4.78 is 10.3. The molecule has 1 aromatic carbocycles.